The summed E-state index contributed by atoms with van der Waals surface area (Å²) >= 11 is 6.06. The molecule has 1 aromatic rings. The molecule has 1 aliphatic carbocycles. The summed E-state index contributed by atoms with van der Waals surface area (Å²) in [5.41, 5.74) is 0.0488. The summed E-state index contributed by atoms with van der Waals surface area (Å²) in [6.07, 6.45) is 4.85. The Labute approximate surface area is 114 Å². The molecule has 18 heavy (non-hydrogen) atoms. The van der Waals surface area contributed by atoms with Crippen LogP contribution in [0.3, 0.4) is 0 Å². The van der Waals surface area contributed by atoms with Gasteiger partial charge in [-0.25, -0.2) is 0 Å². The Hall–Kier alpha value is -0.730. The number of hydrogen-bond donors (Lipinski definition) is 1. The highest BCUT2D eigenvalue weighted by Gasteiger charge is 2.34. The summed E-state index contributed by atoms with van der Waals surface area (Å²) in [6.45, 7) is 2.25. The lowest BCUT2D eigenvalue weighted by atomic mass is 9.85. The largest absolute Gasteiger partial charge is 0.496 e. The van der Waals surface area contributed by atoms with Gasteiger partial charge in [-0.3, -0.25) is 0 Å². The normalized spacial score (nSPS) is 28.8. The van der Waals surface area contributed by atoms with Crippen molar-refractivity contribution in [3.8, 4) is 5.75 Å². The second kappa shape index (κ2) is 5.50. The van der Waals surface area contributed by atoms with Gasteiger partial charge in [0.05, 0.1) is 12.7 Å². The van der Waals surface area contributed by atoms with Crippen LogP contribution in [0.5, 0.6) is 5.75 Å². The van der Waals surface area contributed by atoms with Crippen LogP contribution >= 0.6 is 11.6 Å². The smallest absolute Gasteiger partial charge is 0.125 e. The zero-order valence-electron chi connectivity index (χ0n) is 11.1. The molecule has 0 radical (unpaired) electrons. The molecule has 0 aromatic heterocycles. The SMILES string of the molecule is COc1ccc(Cl)cc1C1(O)CCCC(C)CC1. The average molecular weight is 269 g/mol. The Morgan fingerprint density at radius 3 is 2.83 bits per heavy atom. The summed E-state index contributed by atoms with van der Waals surface area (Å²) in [4.78, 5) is 0. The summed E-state index contributed by atoms with van der Waals surface area (Å²) in [7, 11) is 1.63. The van der Waals surface area contributed by atoms with Gasteiger partial charge in [0.15, 0.2) is 0 Å². The monoisotopic (exact) mass is 268 g/mol. The van der Waals surface area contributed by atoms with Gasteiger partial charge < -0.3 is 9.84 Å². The topological polar surface area (TPSA) is 29.5 Å². The van der Waals surface area contributed by atoms with Crippen LogP contribution in [0, 0.1) is 5.92 Å². The molecular weight excluding hydrogens is 248 g/mol. The van der Waals surface area contributed by atoms with Crippen molar-refractivity contribution >= 4 is 11.6 Å². The Kier molecular flexibility index (Phi) is 4.18. The molecule has 0 aliphatic heterocycles. The molecule has 2 unspecified atom stereocenters. The molecule has 2 rings (SSSR count). The number of halogens is 1. The van der Waals surface area contributed by atoms with Crippen LogP contribution in [0.1, 0.15) is 44.6 Å². The standard InChI is InChI=1S/C15H21ClO2/c1-11-4-3-8-15(17,9-7-11)13-10-12(16)5-6-14(13)18-2/h5-6,10-11,17H,3-4,7-9H2,1-2H3. The van der Waals surface area contributed by atoms with Crippen molar-refractivity contribution < 1.29 is 9.84 Å². The van der Waals surface area contributed by atoms with E-state index in [1.807, 2.05) is 12.1 Å². The average Bonchev–Trinajstić information content (AvgIpc) is 2.52. The molecule has 0 heterocycles. The zero-order valence-corrected chi connectivity index (χ0v) is 11.8. The van der Waals surface area contributed by atoms with E-state index in [2.05, 4.69) is 6.92 Å². The minimum Gasteiger partial charge on any atom is -0.496 e. The lowest BCUT2D eigenvalue weighted by Crippen LogP contribution is -2.25. The van der Waals surface area contributed by atoms with Crippen LogP contribution in [-0.2, 0) is 5.60 Å². The van der Waals surface area contributed by atoms with Gasteiger partial charge >= 0.3 is 0 Å². The van der Waals surface area contributed by atoms with Crippen LogP contribution < -0.4 is 4.74 Å². The zero-order chi connectivity index (χ0) is 13.2. The van der Waals surface area contributed by atoms with Crippen molar-refractivity contribution in [1.29, 1.82) is 0 Å². The van der Waals surface area contributed by atoms with Gasteiger partial charge in [-0.15, -0.1) is 0 Å². The predicted molar refractivity (Wildman–Crippen MR) is 74.1 cm³/mol. The fourth-order valence-corrected chi connectivity index (χ4v) is 2.98. The van der Waals surface area contributed by atoms with Gasteiger partial charge in [0.25, 0.3) is 0 Å². The first-order valence-corrected chi connectivity index (χ1v) is 6.99. The molecule has 1 saturated carbocycles. The highest BCUT2D eigenvalue weighted by molar-refractivity contribution is 6.30. The molecule has 0 amide bonds. The molecule has 2 atom stereocenters. The number of methoxy groups -OCH3 is 1. The number of rotatable bonds is 2. The first-order valence-electron chi connectivity index (χ1n) is 6.61. The minimum absolute atomic E-state index is 0.650. The molecule has 1 aromatic carbocycles. The Morgan fingerprint density at radius 2 is 2.11 bits per heavy atom. The quantitative estimate of drug-likeness (QED) is 0.817. The van der Waals surface area contributed by atoms with Crippen molar-refractivity contribution in [1.82, 2.24) is 0 Å². The van der Waals surface area contributed by atoms with Crippen molar-refractivity contribution in [2.45, 2.75) is 44.6 Å². The van der Waals surface area contributed by atoms with Crippen LogP contribution in [0.15, 0.2) is 18.2 Å². The molecule has 2 nitrogen and oxygen atoms in total. The number of benzene rings is 1. The first-order chi connectivity index (χ1) is 8.55. The van der Waals surface area contributed by atoms with E-state index >= 15 is 0 Å². The Morgan fingerprint density at radius 1 is 1.33 bits per heavy atom. The number of ether oxygens (including phenoxy) is 1. The second-order valence-corrected chi connectivity index (χ2v) is 5.85. The van der Waals surface area contributed by atoms with Crippen molar-refractivity contribution in [3.05, 3.63) is 28.8 Å². The highest BCUT2D eigenvalue weighted by atomic mass is 35.5. The fraction of sp³-hybridized carbons (Fsp3) is 0.600. The van der Waals surface area contributed by atoms with Crippen molar-refractivity contribution in [3.63, 3.8) is 0 Å². The maximum atomic E-state index is 10.9. The highest BCUT2D eigenvalue weighted by Crippen LogP contribution is 2.42. The molecule has 1 N–H and O–H groups in total. The molecule has 100 valence electrons. The van der Waals surface area contributed by atoms with Crippen molar-refractivity contribution in [2.24, 2.45) is 5.92 Å². The summed E-state index contributed by atoms with van der Waals surface area (Å²) < 4.78 is 5.37. The van der Waals surface area contributed by atoms with E-state index in [4.69, 9.17) is 16.3 Å². The van der Waals surface area contributed by atoms with Crippen LogP contribution in [0.4, 0.5) is 0 Å². The number of hydrogen-bond acceptors (Lipinski definition) is 2. The third-order valence-electron chi connectivity index (χ3n) is 4.00. The van der Waals surface area contributed by atoms with Gasteiger partial charge in [-0.2, -0.15) is 0 Å². The van der Waals surface area contributed by atoms with E-state index < -0.39 is 5.60 Å². The van der Waals surface area contributed by atoms with Gasteiger partial charge in [-0.05, 0) is 49.8 Å². The lowest BCUT2D eigenvalue weighted by Gasteiger charge is -2.29. The molecule has 0 saturated heterocycles. The Bertz CT molecular complexity index is 419. The Balaban J connectivity index is 2.36. The maximum Gasteiger partial charge on any atom is 0.125 e. The summed E-state index contributed by atoms with van der Waals surface area (Å²) in [5, 5.41) is 11.6. The molecule has 0 bridgehead atoms. The molecular formula is C15H21ClO2. The van der Waals surface area contributed by atoms with Crippen molar-refractivity contribution in [2.75, 3.05) is 7.11 Å². The van der Waals surface area contributed by atoms with Gasteiger partial charge in [0.2, 0.25) is 0 Å². The lowest BCUT2D eigenvalue weighted by molar-refractivity contribution is 0.0176. The van der Waals surface area contributed by atoms with Crippen LogP contribution in [-0.4, -0.2) is 12.2 Å². The van der Waals surface area contributed by atoms with E-state index in [-0.39, 0.29) is 0 Å². The minimum atomic E-state index is -0.791. The predicted octanol–water partition coefficient (Wildman–Crippen LogP) is 4.14. The molecule has 3 heteroatoms. The first kappa shape index (κ1) is 13.7. The van der Waals surface area contributed by atoms with Gasteiger partial charge in [0, 0.05) is 10.6 Å². The van der Waals surface area contributed by atoms with E-state index in [1.54, 1.807) is 13.2 Å². The third-order valence-corrected chi connectivity index (χ3v) is 4.24. The maximum absolute atomic E-state index is 10.9. The molecule has 1 aliphatic rings. The third kappa shape index (κ3) is 2.81. The van der Waals surface area contributed by atoms with Gasteiger partial charge in [-0.1, -0.05) is 24.9 Å². The second-order valence-electron chi connectivity index (χ2n) is 5.41. The van der Waals surface area contributed by atoms with Gasteiger partial charge in [0.1, 0.15) is 5.75 Å². The van der Waals surface area contributed by atoms with Crippen LogP contribution in [0.2, 0.25) is 5.02 Å². The summed E-state index contributed by atoms with van der Waals surface area (Å²) in [6, 6.07) is 5.48. The molecule has 1 fully saturated rings. The van der Waals surface area contributed by atoms with E-state index in [9.17, 15) is 5.11 Å². The van der Waals surface area contributed by atoms with E-state index in [0.29, 0.717) is 10.9 Å². The van der Waals surface area contributed by atoms with E-state index in [1.165, 1.54) is 6.42 Å². The summed E-state index contributed by atoms with van der Waals surface area (Å²) in [5.74, 6) is 1.42. The fourth-order valence-electron chi connectivity index (χ4n) is 2.81. The van der Waals surface area contributed by atoms with E-state index in [0.717, 1.165) is 37.0 Å². The number of aliphatic hydroxyl groups is 1. The molecule has 0 spiro atoms. The van der Waals surface area contributed by atoms with Crippen LogP contribution in [0.25, 0.3) is 0 Å².